The largest absolute Gasteiger partial charge is 0.269 e. The number of nitrogens with zero attached hydrogens (tertiary/aromatic N) is 1. The highest BCUT2D eigenvalue weighted by molar-refractivity contribution is 5.87. The molecule has 0 unspecified atom stereocenters. The zero-order valence-electron chi connectivity index (χ0n) is 15.1. The third-order valence-electron chi connectivity index (χ3n) is 5.65. The topological polar surface area (TPSA) is 43.1 Å². The average Bonchev–Trinajstić information content (AvgIpc) is 3.05. The number of nitro groups is 1. The molecule has 0 amide bonds. The van der Waals surface area contributed by atoms with Gasteiger partial charge in [0.25, 0.3) is 5.69 Å². The number of non-ortho nitro benzene ring substituents is 1. The molecule has 0 spiro atoms. The molecule has 5 rings (SSSR count). The molecule has 0 saturated heterocycles. The lowest BCUT2D eigenvalue weighted by atomic mass is 9.67. The number of rotatable bonds is 3. The van der Waals surface area contributed by atoms with E-state index in [2.05, 4.69) is 36.4 Å². The van der Waals surface area contributed by atoms with Crippen molar-refractivity contribution in [3.8, 4) is 11.1 Å². The number of hydrogen-bond acceptors (Lipinski definition) is 2. The molecule has 0 aromatic heterocycles. The Morgan fingerprint density at radius 2 is 1.14 bits per heavy atom. The third-order valence-corrected chi connectivity index (χ3v) is 5.65. The van der Waals surface area contributed by atoms with Crippen LogP contribution in [0.4, 0.5) is 5.69 Å². The minimum Gasteiger partial charge on any atom is -0.258 e. The van der Waals surface area contributed by atoms with Gasteiger partial charge in [-0.15, -0.1) is 0 Å². The zero-order valence-corrected chi connectivity index (χ0v) is 15.1. The second kappa shape index (κ2) is 6.17. The molecule has 1 aliphatic rings. The fraction of sp³-hybridized carbons (Fsp3) is 0.0400. The molecular formula is C25H17NO2. The lowest BCUT2D eigenvalue weighted by Crippen LogP contribution is -2.28. The van der Waals surface area contributed by atoms with Crippen LogP contribution in [-0.2, 0) is 5.41 Å². The molecule has 4 aromatic carbocycles. The standard InChI is InChI=1S/C25H17NO2/c27-26(28)20-15-16-22-21-13-7-8-14-23(21)25(24(22)17-20,18-9-3-1-4-10-18)19-11-5-2-6-12-19/h1-17H. The van der Waals surface area contributed by atoms with Gasteiger partial charge in [-0.1, -0.05) is 84.9 Å². The first kappa shape index (κ1) is 16.5. The summed E-state index contributed by atoms with van der Waals surface area (Å²) in [5.74, 6) is 0. The molecule has 0 fully saturated rings. The van der Waals surface area contributed by atoms with Crippen molar-refractivity contribution >= 4 is 5.69 Å². The first-order valence-corrected chi connectivity index (χ1v) is 9.23. The fourth-order valence-electron chi connectivity index (χ4n) is 4.55. The maximum Gasteiger partial charge on any atom is 0.269 e. The molecule has 0 radical (unpaired) electrons. The van der Waals surface area contributed by atoms with E-state index in [4.69, 9.17) is 0 Å². The Labute approximate surface area is 163 Å². The summed E-state index contributed by atoms with van der Waals surface area (Å²) in [7, 11) is 0. The van der Waals surface area contributed by atoms with Gasteiger partial charge >= 0.3 is 0 Å². The Morgan fingerprint density at radius 3 is 1.75 bits per heavy atom. The Morgan fingerprint density at radius 1 is 0.607 bits per heavy atom. The van der Waals surface area contributed by atoms with Gasteiger partial charge in [-0.25, -0.2) is 0 Å². The van der Waals surface area contributed by atoms with Crippen LogP contribution in [0.5, 0.6) is 0 Å². The smallest absolute Gasteiger partial charge is 0.258 e. The summed E-state index contributed by atoms with van der Waals surface area (Å²) >= 11 is 0. The predicted molar refractivity (Wildman–Crippen MR) is 110 cm³/mol. The Hall–Kier alpha value is -3.72. The van der Waals surface area contributed by atoms with E-state index < -0.39 is 5.41 Å². The maximum absolute atomic E-state index is 11.6. The summed E-state index contributed by atoms with van der Waals surface area (Å²) in [6, 6.07) is 34.1. The molecule has 0 saturated carbocycles. The van der Waals surface area contributed by atoms with Crippen LogP contribution in [-0.4, -0.2) is 4.92 Å². The summed E-state index contributed by atoms with van der Waals surface area (Å²) in [5.41, 5.74) is 6.03. The van der Waals surface area contributed by atoms with E-state index in [0.717, 1.165) is 33.4 Å². The Bertz CT molecular complexity index is 1140. The van der Waals surface area contributed by atoms with Gasteiger partial charge in [-0.3, -0.25) is 10.1 Å². The summed E-state index contributed by atoms with van der Waals surface area (Å²) in [4.78, 5) is 11.2. The van der Waals surface area contributed by atoms with Crippen molar-refractivity contribution in [3.05, 3.63) is 135 Å². The van der Waals surface area contributed by atoms with Crippen LogP contribution < -0.4 is 0 Å². The lowest BCUT2D eigenvalue weighted by Gasteiger charge is -2.33. The summed E-state index contributed by atoms with van der Waals surface area (Å²) in [5, 5.41) is 11.6. The van der Waals surface area contributed by atoms with Crippen molar-refractivity contribution in [1.82, 2.24) is 0 Å². The van der Waals surface area contributed by atoms with E-state index in [1.807, 2.05) is 54.6 Å². The van der Waals surface area contributed by atoms with Gasteiger partial charge in [-0.2, -0.15) is 0 Å². The molecule has 1 aliphatic carbocycles. The minimum atomic E-state index is -0.583. The van der Waals surface area contributed by atoms with Crippen LogP contribution >= 0.6 is 0 Å². The quantitative estimate of drug-likeness (QED) is 0.293. The van der Waals surface area contributed by atoms with E-state index in [1.54, 1.807) is 12.1 Å². The van der Waals surface area contributed by atoms with Crippen molar-refractivity contribution in [2.24, 2.45) is 0 Å². The fourth-order valence-corrected chi connectivity index (χ4v) is 4.55. The monoisotopic (exact) mass is 363 g/mol. The minimum absolute atomic E-state index is 0.114. The SMILES string of the molecule is O=[N+]([O-])c1ccc2c(c1)C(c1ccccc1)(c1ccccc1)c1ccccc1-2. The van der Waals surface area contributed by atoms with Crippen LogP contribution in [0.15, 0.2) is 103 Å². The zero-order chi connectivity index (χ0) is 19.1. The number of fused-ring (bicyclic) bond motifs is 3. The van der Waals surface area contributed by atoms with Gasteiger partial charge in [-0.05, 0) is 39.4 Å². The van der Waals surface area contributed by atoms with Gasteiger partial charge in [0.2, 0.25) is 0 Å². The van der Waals surface area contributed by atoms with Crippen LogP contribution in [0.2, 0.25) is 0 Å². The molecule has 0 N–H and O–H groups in total. The van der Waals surface area contributed by atoms with Crippen LogP contribution in [0.25, 0.3) is 11.1 Å². The molecular weight excluding hydrogens is 346 g/mol. The second-order valence-electron chi connectivity index (χ2n) is 7.01. The highest BCUT2D eigenvalue weighted by Crippen LogP contribution is 2.56. The van der Waals surface area contributed by atoms with Crippen molar-refractivity contribution in [2.45, 2.75) is 5.41 Å². The average molecular weight is 363 g/mol. The summed E-state index contributed by atoms with van der Waals surface area (Å²) in [6.07, 6.45) is 0. The van der Waals surface area contributed by atoms with E-state index in [1.165, 1.54) is 0 Å². The molecule has 0 bridgehead atoms. The molecule has 134 valence electrons. The number of benzene rings is 4. The van der Waals surface area contributed by atoms with Gasteiger partial charge in [0.15, 0.2) is 0 Å². The molecule has 28 heavy (non-hydrogen) atoms. The molecule has 0 heterocycles. The van der Waals surface area contributed by atoms with Crippen molar-refractivity contribution < 1.29 is 4.92 Å². The molecule has 0 atom stereocenters. The van der Waals surface area contributed by atoms with E-state index >= 15 is 0 Å². The Balaban J connectivity index is 1.97. The Kier molecular flexibility index (Phi) is 3.63. The van der Waals surface area contributed by atoms with E-state index in [-0.39, 0.29) is 10.6 Å². The van der Waals surface area contributed by atoms with E-state index in [9.17, 15) is 10.1 Å². The number of hydrogen-bond donors (Lipinski definition) is 0. The second-order valence-corrected chi connectivity index (χ2v) is 7.01. The van der Waals surface area contributed by atoms with Crippen molar-refractivity contribution in [2.75, 3.05) is 0 Å². The number of nitro benzene ring substituents is 1. The first-order valence-electron chi connectivity index (χ1n) is 9.23. The van der Waals surface area contributed by atoms with Crippen LogP contribution in [0, 0.1) is 10.1 Å². The van der Waals surface area contributed by atoms with Crippen molar-refractivity contribution in [1.29, 1.82) is 0 Å². The predicted octanol–water partition coefficient (Wildman–Crippen LogP) is 5.96. The van der Waals surface area contributed by atoms with E-state index in [0.29, 0.717) is 0 Å². The van der Waals surface area contributed by atoms with Crippen LogP contribution in [0.1, 0.15) is 22.3 Å². The maximum atomic E-state index is 11.6. The lowest BCUT2D eigenvalue weighted by molar-refractivity contribution is -0.384. The normalized spacial score (nSPS) is 13.6. The summed E-state index contributed by atoms with van der Waals surface area (Å²) in [6.45, 7) is 0. The van der Waals surface area contributed by atoms with Gasteiger partial charge < -0.3 is 0 Å². The van der Waals surface area contributed by atoms with Gasteiger partial charge in [0.05, 0.1) is 10.3 Å². The van der Waals surface area contributed by atoms with Crippen LogP contribution in [0.3, 0.4) is 0 Å². The van der Waals surface area contributed by atoms with Gasteiger partial charge in [0.1, 0.15) is 0 Å². The third kappa shape index (κ3) is 2.16. The highest BCUT2D eigenvalue weighted by atomic mass is 16.6. The molecule has 0 aliphatic heterocycles. The van der Waals surface area contributed by atoms with Gasteiger partial charge in [0, 0.05) is 12.1 Å². The summed E-state index contributed by atoms with van der Waals surface area (Å²) < 4.78 is 0. The highest BCUT2D eigenvalue weighted by Gasteiger charge is 2.46. The first-order chi connectivity index (χ1) is 13.7. The molecule has 3 nitrogen and oxygen atoms in total. The molecule has 3 heteroatoms. The molecule has 4 aromatic rings. The van der Waals surface area contributed by atoms with Crippen molar-refractivity contribution in [3.63, 3.8) is 0 Å².